The second-order valence-electron chi connectivity index (χ2n) is 8.11. The lowest BCUT2D eigenvalue weighted by molar-refractivity contribution is -0.120. The van der Waals surface area contributed by atoms with E-state index in [1.54, 1.807) is 25.3 Å². The van der Waals surface area contributed by atoms with E-state index in [0.29, 0.717) is 17.9 Å². The molecule has 30 heavy (non-hydrogen) atoms. The van der Waals surface area contributed by atoms with Crippen molar-refractivity contribution < 1.29 is 14.6 Å². The second-order valence-corrected chi connectivity index (χ2v) is 8.11. The molecule has 0 saturated heterocycles. The van der Waals surface area contributed by atoms with Gasteiger partial charge in [0.15, 0.2) is 0 Å². The number of hydrogen-bond acceptors (Lipinski definition) is 3. The van der Waals surface area contributed by atoms with E-state index in [0.717, 1.165) is 12.8 Å². The minimum absolute atomic E-state index is 0.0611. The van der Waals surface area contributed by atoms with Gasteiger partial charge in [0, 0.05) is 12.1 Å². The van der Waals surface area contributed by atoms with Crippen LogP contribution >= 0.6 is 0 Å². The number of allylic oxidation sites excluding steroid dienone is 2. The van der Waals surface area contributed by atoms with Gasteiger partial charge >= 0.3 is 0 Å². The van der Waals surface area contributed by atoms with E-state index >= 15 is 0 Å². The highest BCUT2D eigenvalue weighted by Gasteiger charge is 2.08. The van der Waals surface area contributed by atoms with Crippen LogP contribution in [0, 0.1) is 0 Å². The molecule has 0 aliphatic rings. The minimum Gasteiger partial charge on any atom is -0.508 e. The van der Waals surface area contributed by atoms with Gasteiger partial charge in [0.1, 0.15) is 11.5 Å². The number of ether oxygens (including phenoxy) is 1. The lowest BCUT2D eigenvalue weighted by Crippen LogP contribution is -2.26. The SMILES string of the molecule is CCCCCCCC/C=C\CCCCCCCNC(=O)Cc1cc(OC)ccc1O. The van der Waals surface area contributed by atoms with E-state index in [9.17, 15) is 9.90 Å². The van der Waals surface area contributed by atoms with Crippen LogP contribution in [0.1, 0.15) is 96.0 Å². The van der Waals surface area contributed by atoms with Crippen molar-refractivity contribution in [1.82, 2.24) is 5.32 Å². The van der Waals surface area contributed by atoms with Crippen molar-refractivity contribution in [2.45, 2.75) is 96.8 Å². The molecule has 1 rings (SSSR count). The van der Waals surface area contributed by atoms with Gasteiger partial charge in [-0.05, 0) is 50.3 Å². The van der Waals surface area contributed by atoms with Crippen molar-refractivity contribution >= 4 is 5.91 Å². The molecule has 170 valence electrons. The Balaban J connectivity index is 1.94. The molecule has 1 aromatic carbocycles. The molecule has 0 saturated carbocycles. The number of nitrogens with one attached hydrogen (secondary N) is 1. The van der Waals surface area contributed by atoms with Crippen LogP contribution < -0.4 is 10.1 Å². The molecular formula is C26H43NO3. The standard InChI is InChI=1S/C26H43NO3/c1-3-4-5-6-7-8-9-10-11-12-13-14-15-16-17-20-27-26(29)22-23-21-24(30-2)18-19-25(23)28/h10-11,18-19,21,28H,3-9,12-17,20,22H2,1-2H3,(H,27,29)/b11-10-. The van der Waals surface area contributed by atoms with E-state index in [2.05, 4.69) is 24.4 Å². The molecule has 0 unspecified atom stereocenters. The maximum absolute atomic E-state index is 12.0. The molecule has 0 fully saturated rings. The van der Waals surface area contributed by atoms with Crippen molar-refractivity contribution in [3.8, 4) is 11.5 Å². The van der Waals surface area contributed by atoms with Crippen LogP contribution in [0.4, 0.5) is 0 Å². The van der Waals surface area contributed by atoms with Crippen LogP contribution in [0.25, 0.3) is 0 Å². The first-order valence-electron chi connectivity index (χ1n) is 11.9. The number of phenolic OH excluding ortho intramolecular Hbond substituents is 1. The van der Waals surface area contributed by atoms with E-state index in [-0.39, 0.29) is 18.1 Å². The second kappa shape index (κ2) is 17.9. The molecule has 0 bridgehead atoms. The summed E-state index contributed by atoms with van der Waals surface area (Å²) in [6, 6.07) is 4.95. The molecule has 4 nitrogen and oxygen atoms in total. The fraction of sp³-hybridized carbons (Fsp3) is 0.654. The van der Waals surface area contributed by atoms with Crippen LogP contribution in [-0.2, 0) is 11.2 Å². The average Bonchev–Trinajstić information content (AvgIpc) is 2.75. The molecule has 1 aromatic rings. The molecule has 0 aliphatic carbocycles. The fourth-order valence-electron chi connectivity index (χ4n) is 3.49. The summed E-state index contributed by atoms with van der Waals surface area (Å²) in [6.45, 7) is 2.96. The Morgan fingerprint density at radius 2 is 1.53 bits per heavy atom. The van der Waals surface area contributed by atoms with Crippen LogP contribution in [0.2, 0.25) is 0 Å². The summed E-state index contributed by atoms with van der Waals surface area (Å²) < 4.78 is 5.14. The van der Waals surface area contributed by atoms with Crippen LogP contribution in [-0.4, -0.2) is 24.7 Å². The number of rotatable bonds is 18. The summed E-state index contributed by atoms with van der Waals surface area (Å²) in [4.78, 5) is 12.0. The molecule has 2 N–H and O–H groups in total. The first-order valence-corrected chi connectivity index (χ1v) is 11.9. The first-order chi connectivity index (χ1) is 14.7. The van der Waals surface area contributed by atoms with Gasteiger partial charge in [-0.25, -0.2) is 0 Å². The van der Waals surface area contributed by atoms with Crippen molar-refractivity contribution in [1.29, 1.82) is 0 Å². The van der Waals surface area contributed by atoms with Crippen LogP contribution in [0.15, 0.2) is 30.4 Å². The third-order valence-electron chi connectivity index (χ3n) is 5.40. The van der Waals surface area contributed by atoms with Gasteiger partial charge < -0.3 is 15.2 Å². The van der Waals surface area contributed by atoms with Gasteiger partial charge in [-0.15, -0.1) is 0 Å². The molecule has 0 radical (unpaired) electrons. The Labute approximate surface area is 184 Å². The highest BCUT2D eigenvalue weighted by Crippen LogP contribution is 2.23. The number of carbonyl (C=O) groups excluding carboxylic acids is 1. The summed E-state index contributed by atoms with van der Waals surface area (Å²) in [5.74, 6) is 0.717. The molecule has 0 aromatic heterocycles. The third kappa shape index (κ3) is 13.3. The number of carbonyl (C=O) groups is 1. The Bertz CT molecular complexity index is 598. The maximum Gasteiger partial charge on any atom is 0.224 e. The molecule has 0 atom stereocenters. The van der Waals surface area contributed by atoms with Gasteiger partial charge in [-0.1, -0.05) is 70.4 Å². The van der Waals surface area contributed by atoms with Gasteiger partial charge in [0.2, 0.25) is 5.91 Å². The highest BCUT2D eigenvalue weighted by atomic mass is 16.5. The summed E-state index contributed by atoms with van der Waals surface area (Å²) >= 11 is 0. The van der Waals surface area contributed by atoms with E-state index in [4.69, 9.17) is 4.74 Å². The van der Waals surface area contributed by atoms with Crippen LogP contribution in [0.3, 0.4) is 0 Å². The molecule has 4 heteroatoms. The van der Waals surface area contributed by atoms with Gasteiger partial charge in [-0.2, -0.15) is 0 Å². The zero-order valence-electron chi connectivity index (χ0n) is 19.3. The van der Waals surface area contributed by atoms with Gasteiger partial charge in [0.25, 0.3) is 0 Å². The molecule has 0 heterocycles. The van der Waals surface area contributed by atoms with E-state index in [1.807, 2.05) is 0 Å². The quantitative estimate of drug-likeness (QED) is 0.206. The Hall–Kier alpha value is -1.97. The third-order valence-corrected chi connectivity index (χ3v) is 5.40. The largest absolute Gasteiger partial charge is 0.508 e. The van der Waals surface area contributed by atoms with E-state index in [1.165, 1.54) is 70.6 Å². The lowest BCUT2D eigenvalue weighted by atomic mass is 10.1. The van der Waals surface area contributed by atoms with Gasteiger partial charge in [0.05, 0.1) is 13.5 Å². The molecule has 0 spiro atoms. The van der Waals surface area contributed by atoms with Gasteiger partial charge in [-0.3, -0.25) is 4.79 Å². The maximum atomic E-state index is 12.0. The number of amides is 1. The molecule has 0 aliphatic heterocycles. The number of phenols is 1. The number of benzene rings is 1. The predicted octanol–water partition coefficient (Wildman–Crippen LogP) is 6.71. The summed E-state index contributed by atoms with van der Waals surface area (Å²) in [5.41, 5.74) is 0.594. The number of hydrogen-bond donors (Lipinski definition) is 2. The average molecular weight is 418 g/mol. The van der Waals surface area contributed by atoms with Crippen molar-refractivity contribution in [2.75, 3.05) is 13.7 Å². The van der Waals surface area contributed by atoms with Crippen LogP contribution in [0.5, 0.6) is 11.5 Å². The zero-order chi connectivity index (χ0) is 21.9. The predicted molar refractivity (Wildman–Crippen MR) is 126 cm³/mol. The van der Waals surface area contributed by atoms with Crippen molar-refractivity contribution in [3.63, 3.8) is 0 Å². The highest BCUT2D eigenvalue weighted by molar-refractivity contribution is 5.79. The first kappa shape index (κ1) is 26.1. The summed E-state index contributed by atoms with van der Waals surface area (Å²) in [7, 11) is 1.57. The number of aromatic hydroxyl groups is 1. The number of methoxy groups -OCH3 is 1. The normalized spacial score (nSPS) is 11.1. The summed E-state index contributed by atoms with van der Waals surface area (Å²) in [6.07, 6.45) is 21.4. The minimum atomic E-state index is -0.0611. The van der Waals surface area contributed by atoms with E-state index < -0.39 is 0 Å². The van der Waals surface area contributed by atoms with Crippen molar-refractivity contribution in [3.05, 3.63) is 35.9 Å². The summed E-state index contributed by atoms with van der Waals surface area (Å²) in [5, 5.41) is 12.8. The fourth-order valence-corrected chi connectivity index (χ4v) is 3.49. The Morgan fingerprint density at radius 3 is 2.17 bits per heavy atom. The Kier molecular flexibility index (Phi) is 15.5. The topological polar surface area (TPSA) is 58.6 Å². The molecule has 1 amide bonds. The monoisotopic (exact) mass is 417 g/mol. The number of unbranched alkanes of at least 4 members (excludes halogenated alkanes) is 11. The van der Waals surface area contributed by atoms with Crippen molar-refractivity contribution in [2.24, 2.45) is 0 Å². The zero-order valence-corrected chi connectivity index (χ0v) is 19.3. The Morgan fingerprint density at radius 1 is 0.933 bits per heavy atom. The smallest absolute Gasteiger partial charge is 0.224 e. The lowest BCUT2D eigenvalue weighted by Gasteiger charge is -2.08. The molecular weight excluding hydrogens is 374 g/mol.